The summed E-state index contributed by atoms with van der Waals surface area (Å²) in [5.74, 6) is 1.73. The lowest BCUT2D eigenvalue weighted by molar-refractivity contribution is -0.644. The van der Waals surface area contributed by atoms with Crippen molar-refractivity contribution in [3.05, 3.63) is 65.9 Å². The maximum atomic E-state index is 5.36. The SMILES string of the molecule is COc1ccc(/C=C/c2cc[n+](C)c3ccc(OC)cc23)cc1. The highest BCUT2D eigenvalue weighted by atomic mass is 16.5. The topological polar surface area (TPSA) is 22.3 Å². The number of nitrogens with zero attached hydrogens (tertiary/aromatic N) is 1. The van der Waals surface area contributed by atoms with Crippen molar-refractivity contribution in [3.8, 4) is 11.5 Å². The number of pyridine rings is 1. The van der Waals surface area contributed by atoms with Crippen LogP contribution in [0.25, 0.3) is 23.1 Å². The number of benzene rings is 2. The monoisotopic (exact) mass is 306 g/mol. The molecule has 3 heteroatoms. The van der Waals surface area contributed by atoms with Crippen LogP contribution in [0, 0.1) is 0 Å². The maximum absolute atomic E-state index is 5.36. The standard InChI is InChI=1S/C20H20NO2/c1-21-13-12-16(19-14-18(23-3)10-11-20(19)21)7-4-15-5-8-17(22-2)9-6-15/h4-14H,1-3H3/q+1/b7-4+. The molecule has 116 valence electrons. The van der Waals surface area contributed by atoms with Crippen LogP contribution in [0.4, 0.5) is 0 Å². The van der Waals surface area contributed by atoms with Crippen molar-refractivity contribution in [2.75, 3.05) is 14.2 Å². The van der Waals surface area contributed by atoms with Gasteiger partial charge in [0.05, 0.1) is 19.6 Å². The van der Waals surface area contributed by atoms with E-state index in [2.05, 4.69) is 41.1 Å². The molecule has 0 aliphatic rings. The van der Waals surface area contributed by atoms with Gasteiger partial charge in [0.25, 0.3) is 0 Å². The highest BCUT2D eigenvalue weighted by Crippen LogP contribution is 2.23. The number of hydrogen-bond donors (Lipinski definition) is 0. The Bertz CT molecular complexity index is 851. The van der Waals surface area contributed by atoms with Crippen molar-refractivity contribution in [2.45, 2.75) is 0 Å². The highest BCUT2D eigenvalue weighted by Gasteiger charge is 2.09. The first-order valence-electron chi connectivity index (χ1n) is 7.50. The van der Waals surface area contributed by atoms with Crippen molar-refractivity contribution < 1.29 is 14.0 Å². The molecule has 1 aromatic heterocycles. The fraction of sp³-hybridized carbons (Fsp3) is 0.150. The van der Waals surface area contributed by atoms with Gasteiger partial charge in [-0.15, -0.1) is 0 Å². The third-order valence-corrected chi connectivity index (χ3v) is 3.94. The molecule has 0 saturated heterocycles. The third kappa shape index (κ3) is 3.19. The summed E-state index contributed by atoms with van der Waals surface area (Å²) in [5.41, 5.74) is 3.46. The zero-order chi connectivity index (χ0) is 16.2. The Morgan fingerprint density at radius 3 is 2.22 bits per heavy atom. The number of aromatic nitrogens is 1. The van der Waals surface area contributed by atoms with Crippen molar-refractivity contribution in [1.29, 1.82) is 0 Å². The number of aryl methyl sites for hydroxylation is 1. The minimum atomic E-state index is 0.864. The predicted octanol–water partition coefficient (Wildman–Crippen LogP) is 3.85. The van der Waals surface area contributed by atoms with Crippen molar-refractivity contribution in [1.82, 2.24) is 0 Å². The molecule has 3 rings (SSSR count). The van der Waals surface area contributed by atoms with Gasteiger partial charge in [-0.2, -0.15) is 0 Å². The van der Waals surface area contributed by atoms with E-state index in [9.17, 15) is 0 Å². The molecule has 3 aromatic rings. The Kier molecular flexibility index (Phi) is 4.29. The van der Waals surface area contributed by atoms with E-state index in [1.165, 1.54) is 10.9 Å². The lowest BCUT2D eigenvalue weighted by atomic mass is 10.1. The Labute approximate surface area is 136 Å². The molecule has 0 fully saturated rings. The van der Waals surface area contributed by atoms with Gasteiger partial charge in [-0.25, -0.2) is 4.57 Å². The molecule has 0 bridgehead atoms. The van der Waals surface area contributed by atoms with Crippen molar-refractivity contribution >= 4 is 23.1 Å². The van der Waals surface area contributed by atoms with Gasteiger partial charge in [-0.3, -0.25) is 0 Å². The van der Waals surface area contributed by atoms with Crippen LogP contribution in [0.5, 0.6) is 11.5 Å². The summed E-state index contributed by atoms with van der Waals surface area (Å²) in [7, 11) is 5.41. The molecule has 0 spiro atoms. The first kappa shape index (κ1) is 15.1. The van der Waals surface area contributed by atoms with Crippen LogP contribution in [0.1, 0.15) is 11.1 Å². The van der Waals surface area contributed by atoms with Gasteiger partial charge in [-0.05, 0) is 35.4 Å². The first-order valence-corrected chi connectivity index (χ1v) is 7.50. The number of ether oxygens (including phenoxy) is 2. The Morgan fingerprint density at radius 2 is 1.52 bits per heavy atom. The average Bonchev–Trinajstić information content (AvgIpc) is 2.61. The maximum Gasteiger partial charge on any atom is 0.213 e. The molecule has 0 amide bonds. The lowest BCUT2D eigenvalue weighted by Gasteiger charge is -2.04. The summed E-state index contributed by atoms with van der Waals surface area (Å²) in [6, 6.07) is 16.3. The van der Waals surface area contributed by atoms with Crippen LogP contribution in [-0.2, 0) is 7.05 Å². The van der Waals surface area contributed by atoms with E-state index in [1.807, 2.05) is 37.4 Å². The minimum Gasteiger partial charge on any atom is -0.497 e. The third-order valence-electron chi connectivity index (χ3n) is 3.94. The number of methoxy groups -OCH3 is 2. The van der Waals surface area contributed by atoms with Gasteiger partial charge in [0.2, 0.25) is 5.52 Å². The summed E-state index contributed by atoms with van der Waals surface area (Å²) in [6.45, 7) is 0. The second-order valence-corrected chi connectivity index (χ2v) is 5.37. The molecule has 0 N–H and O–H groups in total. The first-order chi connectivity index (χ1) is 11.2. The van der Waals surface area contributed by atoms with E-state index in [0.717, 1.165) is 22.6 Å². The van der Waals surface area contributed by atoms with Crippen molar-refractivity contribution in [2.24, 2.45) is 7.05 Å². The van der Waals surface area contributed by atoms with E-state index < -0.39 is 0 Å². The molecule has 0 aliphatic carbocycles. The van der Waals surface area contributed by atoms with E-state index in [-0.39, 0.29) is 0 Å². The largest absolute Gasteiger partial charge is 0.497 e. The summed E-state index contributed by atoms with van der Waals surface area (Å²) in [4.78, 5) is 0. The fourth-order valence-electron chi connectivity index (χ4n) is 2.59. The Balaban J connectivity index is 2.01. The van der Waals surface area contributed by atoms with E-state index in [0.29, 0.717) is 0 Å². The summed E-state index contributed by atoms with van der Waals surface area (Å²) in [6.07, 6.45) is 6.31. The molecule has 1 heterocycles. The summed E-state index contributed by atoms with van der Waals surface area (Å²) in [5, 5.41) is 1.17. The second-order valence-electron chi connectivity index (χ2n) is 5.37. The zero-order valence-electron chi connectivity index (χ0n) is 13.6. The van der Waals surface area contributed by atoms with Crippen LogP contribution < -0.4 is 14.0 Å². The number of hydrogen-bond acceptors (Lipinski definition) is 2. The molecule has 23 heavy (non-hydrogen) atoms. The van der Waals surface area contributed by atoms with Crippen molar-refractivity contribution in [3.63, 3.8) is 0 Å². The fourth-order valence-corrected chi connectivity index (χ4v) is 2.59. The molecule has 0 radical (unpaired) electrons. The highest BCUT2D eigenvalue weighted by molar-refractivity contribution is 5.89. The second kappa shape index (κ2) is 6.53. The van der Waals surface area contributed by atoms with E-state index in [1.54, 1.807) is 14.2 Å². The quantitative estimate of drug-likeness (QED) is 0.683. The van der Waals surface area contributed by atoms with Crippen LogP contribution in [0.3, 0.4) is 0 Å². The molecular formula is C20H20NO2+. The Hall–Kier alpha value is -2.81. The van der Waals surface area contributed by atoms with Gasteiger partial charge >= 0.3 is 0 Å². The van der Waals surface area contributed by atoms with Crippen LogP contribution in [0.2, 0.25) is 0 Å². The number of fused-ring (bicyclic) bond motifs is 1. The molecule has 0 unspecified atom stereocenters. The molecular weight excluding hydrogens is 286 g/mol. The molecule has 2 aromatic carbocycles. The smallest absolute Gasteiger partial charge is 0.213 e. The van der Waals surface area contributed by atoms with Crippen LogP contribution in [0.15, 0.2) is 54.7 Å². The average molecular weight is 306 g/mol. The molecule has 3 nitrogen and oxygen atoms in total. The van der Waals surface area contributed by atoms with Crippen LogP contribution >= 0.6 is 0 Å². The summed E-state index contributed by atoms with van der Waals surface area (Å²) >= 11 is 0. The predicted molar refractivity (Wildman–Crippen MR) is 93.6 cm³/mol. The van der Waals surface area contributed by atoms with Gasteiger partial charge in [0.15, 0.2) is 6.20 Å². The molecule has 0 atom stereocenters. The zero-order valence-corrected chi connectivity index (χ0v) is 13.6. The summed E-state index contributed by atoms with van der Waals surface area (Å²) < 4.78 is 12.7. The molecule has 0 saturated carbocycles. The lowest BCUT2D eigenvalue weighted by Crippen LogP contribution is -2.28. The molecule has 0 aliphatic heterocycles. The van der Waals surface area contributed by atoms with Gasteiger partial charge < -0.3 is 9.47 Å². The van der Waals surface area contributed by atoms with E-state index in [4.69, 9.17) is 9.47 Å². The van der Waals surface area contributed by atoms with Gasteiger partial charge in [-0.1, -0.05) is 24.3 Å². The normalized spacial score (nSPS) is 11.1. The van der Waals surface area contributed by atoms with Gasteiger partial charge in [0, 0.05) is 12.1 Å². The van der Waals surface area contributed by atoms with E-state index >= 15 is 0 Å². The minimum absolute atomic E-state index is 0.864. The van der Waals surface area contributed by atoms with Gasteiger partial charge in [0.1, 0.15) is 18.5 Å². The Morgan fingerprint density at radius 1 is 0.826 bits per heavy atom. The van der Waals surface area contributed by atoms with Crippen LogP contribution in [-0.4, -0.2) is 14.2 Å². The number of rotatable bonds is 4.